The Labute approximate surface area is 106 Å². The van der Waals surface area contributed by atoms with Gasteiger partial charge in [-0.3, -0.25) is 4.79 Å². The molecule has 0 saturated carbocycles. The molecule has 1 heterocycles. The average molecular weight is 257 g/mol. The first-order chi connectivity index (χ1) is 7.84. The molecule has 5 heteroatoms. The molecule has 1 aromatic rings. The Kier molecular flexibility index (Phi) is 4.62. The number of hydrogen-bond donors (Lipinski definition) is 1. The molecule has 0 bridgehead atoms. The van der Waals surface area contributed by atoms with Crippen LogP contribution in [0.15, 0.2) is 10.6 Å². The van der Waals surface area contributed by atoms with E-state index in [2.05, 4.69) is 25.8 Å². The van der Waals surface area contributed by atoms with Gasteiger partial charge in [0.15, 0.2) is 0 Å². The maximum Gasteiger partial charge on any atom is 0.316 e. The Morgan fingerprint density at radius 2 is 2.24 bits per heavy atom. The van der Waals surface area contributed by atoms with Crippen LogP contribution in [0.3, 0.4) is 0 Å². The molecule has 0 radical (unpaired) electrons. The number of carboxylic acids is 1. The second kappa shape index (κ2) is 5.58. The van der Waals surface area contributed by atoms with E-state index in [-0.39, 0.29) is 10.7 Å². The number of aliphatic carboxylic acids is 1. The van der Waals surface area contributed by atoms with E-state index in [0.29, 0.717) is 18.1 Å². The van der Waals surface area contributed by atoms with Gasteiger partial charge in [0.05, 0.1) is 11.9 Å². The summed E-state index contributed by atoms with van der Waals surface area (Å²) in [6.07, 6.45) is 2.32. The Bertz CT molecular complexity index is 381. The van der Waals surface area contributed by atoms with Crippen molar-refractivity contribution < 1.29 is 14.3 Å². The van der Waals surface area contributed by atoms with Crippen molar-refractivity contribution in [1.82, 2.24) is 4.98 Å². The van der Waals surface area contributed by atoms with Gasteiger partial charge >= 0.3 is 5.97 Å². The highest BCUT2D eigenvalue weighted by atomic mass is 32.2. The van der Waals surface area contributed by atoms with Crippen LogP contribution in [0, 0.1) is 0 Å². The molecule has 1 rings (SSSR count). The molecule has 0 aromatic carbocycles. The van der Waals surface area contributed by atoms with Gasteiger partial charge in [0.2, 0.25) is 5.89 Å². The normalized spacial score (nSPS) is 13.6. The van der Waals surface area contributed by atoms with E-state index in [1.165, 1.54) is 11.8 Å². The van der Waals surface area contributed by atoms with Crippen molar-refractivity contribution in [1.29, 1.82) is 0 Å². The van der Waals surface area contributed by atoms with Gasteiger partial charge in [-0.1, -0.05) is 27.7 Å². The third kappa shape index (κ3) is 4.07. The fourth-order valence-electron chi connectivity index (χ4n) is 1.26. The summed E-state index contributed by atoms with van der Waals surface area (Å²) in [6.45, 7) is 8.02. The maximum absolute atomic E-state index is 10.8. The zero-order valence-corrected chi connectivity index (χ0v) is 11.5. The zero-order valence-electron chi connectivity index (χ0n) is 10.7. The van der Waals surface area contributed by atoms with Crippen molar-refractivity contribution in [2.24, 2.45) is 0 Å². The van der Waals surface area contributed by atoms with Crippen LogP contribution in [0.4, 0.5) is 0 Å². The van der Waals surface area contributed by atoms with Gasteiger partial charge in [-0.05, 0) is 6.42 Å². The molecule has 0 aliphatic heterocycles. The Hall–Kier alpha value is -0.970. The number of rotatable bonds is 5. The van der Waals surface area contributed by atoms with Gasteiger partial charge in [-0.15, -0.1) is 11.8 Å². The van der Waals surface area contributed by atoms with E-state index in [9.17, 15) is 4.79 Å². The lowest BCUT2D eigenvalue weighted by Gasteiger charge is -2.13. The highest BCUT2D eigenvalue weighted by Gasteiger charge is 2.21. The van der Waals surface area contributed by atoms with Crippen molar-refractivity contribution in [2.75, 3.05) is 0 Å². The third-order valence-electron chi connectivity index (χ3n) is 2.35. The minimum absolute atomic E-state index is 0.0626. The molecule has 96 valence electrons. The second-order valence-electron chi connectivity index (χ2n) is 4.91. The monoisotopic (exact) mass is 257 g/mol. The van der Waals surface area contributed by atoms with Gasteiger partial charge in [0.1, 0.15) is 11.0 Å². The second-order valence-corrected chi connectivity index (χ2v) is 6.11. The maximum atomic E-state index is 10.8. The van der Waals surface area contributed by atoms with Crippen LogP contribution >= 0.6 is 11.8 Å². The van der Waals surface area contributed by atoms with E-state index >= 15 is 0 Å². The van der Waals surface area contributed by atoms with Crippen LogP contribution < -0.4 is 0 Å². The number of thioether (sulfide) groups is 1. The van der Waals surface area contributed by atoms with Crippen molar-refractivity contribution in [2.45, 2.75) is 50.5 Å². The molecule has 0 fully saturated rings. The summed E-state index contributed by atoms with van der Waals surface area (Å²) in [6, 6.07) is 0. The minimum Gasteiger partial charge on any atom is -0.480 e. The van der Waals surface area contributed by atoms with E-state index in [1.54, 1.807) is 6.20 Å². The SMILES string of the molecule is CCC(SCc1ncc(C(C)(C)C)o1)C(=O)O. The summed E-state index contributed by atoms with van der Waals surface area (Å²) >= 11 is 1.35. The molecule has 0 spiro atoms. The quantitative estimate of drug-likeness (QED) is 0.878. The van der Waals surface area contributed by atoms with Crippen LogP contribution in [0.25, 0.3) is 0 Å². The first-order valence-corrected chi connectivity index (χ1v) is 6.69. The van der Waals surface area contributed by atoms with Gasteiger partial charge in [-0.2, -0.15) is 0 Å². The largest absolute Gasteiger partial charge is 0.480 e. The topological polar surface area (TPSA) is 63.3 Å². The summed E-state index contributed by atoms with van der Waals surface area (Å²) in [4.78, 5) is 15.0. The van der Waals surface area contributed by atoms with Crippen LogP contribution in [0.5, 0.6) is 0 Å². The lowest BCUT2D eigenvalue weighted by Crippen LogP contribution is -2.15. The van der Waals surface area contributed by atoms with E-state index in [1.807, 2.05) is 6.92 Å². The highest BCUT2D eigenvalue weighted by Crippen LogP contribution is 2.25. The first-order valence-electron chi connectivity index (χ1n) is 5.64. The summed E-state index contributed by atoms with van der Waals surface area (Å²) in [5.41, 5.74) is -0.0626. The van der Waals surface area contributed by atoms with Gasteiger partial charge in [0.25, 0.3) is 0 Å². The standard InChI is InChI=1S/C12H19NO3S/c1-5-8(11(14)15)17-7-10-13-6-9(16-10)12(2,3)4/h6,8H,5,7H2,1-4H3,(H,14,15). The number of aromatic nitrogens is 1. The van der Waals surface area contributed by atoms with Crippen molar-refractivity contribution in [3.05, 3.63) is 17.8 Å². The Balaban J connectivity index is 2.58. The van der Waals surface area contributed by atoms with Gasteiger partial charge < -0.3 is 9.52 Å². The molecule has 0 saturated heterocycles. The van der Waals surface area contributed by atoms with E-state index < -0.39 is 5.97 Å². The Morgan fingerprint density at radius 1 is 1.59 bits per heavy atom. The number of carbonyl (C=O) groups is 1. The molecule has 0 amide bonds. The van der Waals surface area contributed by atoms with E-state index in [4.69, 9.17) is 9.52 Å². The predicted molar refractivity (Wildman–Crippen MR) is 68.2 cm³/mol. The first kappa shape index (κ1) is 14.1. The van der Waals surface area contributed by atoms with Crippen molar-refractivity contribution in [3.63, 3.8) is 0 Å². The van der Waals surface area contributed by atoms with Crippen LogP contribution in [-0.2, 0) is 16.0 Å². The number of carboxylic acid groups (broad SMARTS) is 1. The number of nitrogens with zero attached hydrogens (tertiary/aromatic N) is 1. The third-order valence-corrected chi connectivity index (χ3v) is 3.70. The minimum atomic E-state index is -0.778. The molecule has 1 N–H and O–H groups in total. The fourth-order valence-corrected chi connectivity index (χ4v) is 2.11. The summed E-state index contributed by atoms with van der Waals surface area (Å²) < 4.78 is 5.60. The van der Waals surface area contributed by atoms with E-state index in [0.717, 1.165) is 5.76 Å². The zero-order chi connectivity index (χ0) is 13.1. The molecular formula is C12H19NO3S. The molecule has 4 nitrogen and oxygen atoms in total. The smallest absolute Gasteiger partial charge is 0.316 e. The number of hydrogen-bond acceptors (Lipinski definition) is 4. The summed E-state index contributed by atoms with van der Waals surface area (Å²) in [5.74, 6) is 1.15. The molecular weight excluding hydrogens is 238 g/mol. The molecule has 0 aliphatic rings. The number of oxazole rings is 1. The van der Waals surface area contributed by atoms with Crippen molar-refractivity contribution >= 4 is 17.7 Å². The molecule has 0 aliphatic carbocycles. The van der Waals surface area contributed by atoms with Gasteiger partial charge in [0, 0.05) is 5.41 Å². The average Bonchev–Trinajstić information content (AvgIpc) is 2.66. The lowest BCUT2D eigenvalue weighted by molar-refractivity contribution is -0.136. The van der Waals surface area contributed by atoms with Crippen LogP contribution in [0.2, 0.25) is 0 Å². The predicted octanol–water partition coefficient (Wildman–Crippen LogP) is 3.07. The van der Waals surface area contributed by atoms with Crippen molar-refractivity contribution in [3.8, 4) is 0 Å². The molecule has 1 aromatic heterocycles. The van der Waals surface area contributed by atoms with Crippen LogP contribution in [-0.4, -0.2) is 21.3 Å². The van der Waals surface area contributed by atoms with Crippen LogP contribution in [0.1, 0.15) is 45.8 Å². The fraction of sp³-hybridized carbons (Fsp3) is 0.667. The molecule has 1 unspecified atom stereocenters. The summed E-state index contributed by atoms with van der Waals surface area (Å²) in [7, 11) is 0. The van der Waals surface area contributed by atoms with Gasteiger partial charge in [-0.25, -0.2) is 4.98 Å². The molecule has 1 atom stereocenters. The lowest BCUT2D eigenvalue weighted by atomic mass is 9.94. The summed E-state index contributed by atoms with van der Waals surface area (Å²) in [5, 5.41) is 8.52. The Morgan fingerprint density at radius 3 is 2.65 bits per heavy atom. The highest BCUT2D eigenvalue weighted by molar-refractivity contribution is 7.99. The molecule has 17 heavy (non-hydrogen) atoms.